The second-order valence-electron chi connectivity index (χ2n) is 5.60. The van der Waals surface area contributed by atoms with Crippen LogP contribution in [0.2, 0.25) is 0 Å². The van der Waals surface area contributed by atoms with Crippen LogP contribution in [0, 0.1) is 0 Å². The average Bonchev–Trinajstić information content (AvgIpc) is 2.90. The molecule has 0 aliphatic rings. The lowest BCUT2D eigenvalue weighted by Gasteiger charge is -2.15. The molecule has 7 nitrogen and oxygen atoms in total. The minimum absolute atomic E-state index is 0.362. The highest BCUT2D eigenvalue weighted by molar-refractivity contribution is 5.69. The molecule has 0 saturated heterocycles. The van der Waals surface area contributed by atoms with Crippen LogP contribution in [-0.2, 0) is 13.6 Å². The summed E-state index contributed by atoms with van der Waals surface area (Å²) in [7, 11) is 1.57. The Morgan fingerprint density at radius 3 is 2.59 bits per heavy atom. The van der Waals surface area contributed by atoms with E-state index >= 15 is 0 Å². The van der Waals surface area contributed by atoms with Gasteiger partial charge < -0.3 is 9.67 Å². The summed E-state index contributed by atoms with van der Waals surface area (Å²) in [6.07, 6.45) is 4.49. The number of rotatable bonds is 7. The number of unbranched alkanes of at least 4 members (excludes halogenated alkanes) is 2. The molecule has 1 N–H and O–H groups in total. The van der Waals surface area contributed by atoms with Crippen LogP contribution < -0.4 is 11.2 Å². The minimum atomic E-state index is -1.09. The van der Waals surface area contributed by atoms with Crippen LogP contribution in [0.3, 0.4) is 0 Å². The zero-order valence-corrected chi connectivity index (χ0v) is 13.4. The van der Waals surface area contributed by atoms with Crippen molar-refractivity contribution in [2.75, 3.05) is 0 Å². The van der Waals surface area contributed by atoms with Gasteiger partial charge >= 0.3 is 5.69 Å². The molecule has 0 radical (unpaired) electrons. The van der Waals surface area contributed by atoms with E-state index in [4.69, 9.17) is 0 Å². The van der Waals surface area contributed by atoms with Gasteiger partial charge in [-0.2, -0.15) is 0 Å². The summed E-state index contributed by atoms with van der Waals surface area (Å²) < 4.78 is 4.02. The molecule has 0 aliphatic carbocycles. The molecule has 0 aromatic carbocycles. The van der Waals surface area contributed by atoms with Crippen molar-refractivity contribution in [1.29, 1.82) is 0 Å². The Labute approximate surface area is 128 Å². The standard InChI is InChI=1S/C15H24N4O3/c1-4-6-7-8-11(20)19-14(21)12-13(17(3)15(19)22)16-10-18(12)9-5-2/h10-11,20H,4-9H2,1-3H3. The third-order valence-corrected chi connectivity index (χ3v) is 3.88. The number of aromatic nitrogens is 4. The molecule has 0 bridgehead atoms. The number of aliphatic hydroxyl groups excluding tert-OH is 1. The number of fused-ring (bicyclic) bond motifs is 1. The van der Waals surface area contributed by atoms with E-state index < -0.39 is 17.5 Å². The Morgan fingerprint density at radius 2 is 1.95 bits per heavy atom. The van der Waals surface area contributed by atoms with E-state index in [-0.39, 0.29) is 0 Å². The molecular formula is C15H24N4O3. The Morgan fingerprint density at radius 1 is 1.23 bits per heavy atom. The summed E-state index contributed by atoms with van der Waals surface area (Å²) in [5.74, 6) is 0. The lowest BCUT2D eigenvalue weighted by molar-refractivity contribution is 0.0825. The van der Waals surface area contributed by atoms with Gasteiger partial charge in [-0.05, 0) is 19.3 Å². The zero-order chi connectivity index (χ0) is 16.3. The number of aryl methyl sites for hydroxylation is 2. The first-order valence-electron chi connectivity index (χ1n) is 7.87. The van der Waals surface area contributed by atoms with Crippen LogP contribution in [0.1, 0.15) is 52.2 Å². The fourth-order valence-electron chi connectivity index (χ4n) is 2.67. The molecule has 2 aromatic rings. The maximum Gasteiger partial charge on any atom is 0.334 e. The molecule has 0 saturated carbocycles. The third kappa shape index (κ3) is 2.85. The van der Waals surface area contributed by atoms with E-state index in [1.165, 1.54) is 4.57 Å². The van der Waals surface area contributed by atoms with Gasteiger partial charge in [0.15, 0.2) is 11.2 Å². The van der Waals surface area contributed by atoms with Crippen molar-refractivity contribution < 1.29 is 5.11 Å². The van der Waals surface area contributed by atoms with Crippen molar-refractivity contribution in [1.82, 2.24) is 18.7 Å². The zero-order valence-electron chi connectivity index (χ0n) is 13.4. The van der Waals surface area contributed by atoms with Crippen molar-refractivity contribution in [3.63, 3.8) is 0 Å². The Bertz CT molecular complexity index is 756. The van der Waals surface area contributed by atoms with Crippen LogP contribution in [0.5, 0.6) is 0 Å². The molecule has 0 fully saturated rings. The number of nitrogens with zero attached hydrogens (tertiary/aromatic N) is 4. The largest absolute Gasteiger partial charge is 0.373 e. The van der Waals surface area contributed by atoms with Gasteiger partial charge in [-0.25, -0.2) is 14.3 Å². The fraction of sp³-hybridized carbons (Fsp3) is 0.667. The summed E-state index contributed by atoms with van der Waals surface area (Å²) in [5, 5.41) is 10.3. The second kappa shape index (κ2) is 6.91. The predicted octanol–water partition coefficient (Wildman–Crippen LogP) is 1.38. The Balaban J connectivity index is 2.56. The average molecular weight is 308 g/mol. The summed E-state index contributed by atoms with van der Waals surface area (Å²) in [6, 6.07) is 0. The second-order valence-corrected chi connectivity index (χ2v) is 5.60. The minimum Gasteiger partial charge on any atom is -0.373 e. The molecule has 0 amide bonds. The van der Waals surface area contributed by atoms with E-state index in [2.05, 4.69) is 11.9 Å². The number of aliphatic hydroxyl groups is 1. The molecule has 22 heavy (non-hydrogen) atoms. The highest BCUT2D eigenvalue weighted by atomic mass is 16.3. The van der Waals surface area contributed by atoms with E-state index in [9.17, 15) is 14.7 Å². The normalized spacial score (nSPS) is 12.9. The molecule has 0 spiro atoms. The van der Waals surface area contributed by atoms with E-state index in [0.717, 1.165) is 30.3 Å². The topological polar surface area (TPSA) is 82.1 Å². The monoisotopic (exact) mass is 308 g/mol. The maximum absolute atomic E-state index is 12.7. The van der Waals surface area contributed by atoms with Gasteiger partial charge in [0.25, 0.3) is 5.56 Å². The molecule has 122 valence electrons. The molecule has 2 aromatic heterocycles. The fourth-order valence-corrected chi connectivity index (χ4v) is 2.67. The van der Waals surface area contributed by atoms with Gasteiger partial charge in [-0.15, -0.1) is 0 Å². The van der Waals surface area contributed by atoms with Crippen molar-refractivity contribution in [3.8, 4) is 0 Å². The van der Waals surface area contributed by atoms with Gasteiger partial charge in [-0.3, -0.25) is 9.36 Å². The summed E-state index contributed by atoms with van der Waals surface area (Å²) >= 11 is 0. The quantitative estimate of drug-likeness (QED) is 0.783. The lowest BCUT2D eigenvalue weighted by atomic mass is 10.2. The highest BCUT2D eigenvalue weighted by Gasteiger charge is 2.20. The van der Waals surface area contributed by atoms with Gasteiger partial charge in [0.2, 0.25) is 0 Å². The van der Waals surface area contributed by atoms with Crippen LogP contribution in [0.4, 0.5) is 0 Å². The van der Waals surface area contributed by atoms with Gasteiger partial charge in [0, 0.05) is 13.6 Å². The first kappa shape index (κ1) is 16.5. The maximum atomic E-state index is 12.7. The number of hydrogen-bond acceptors (Lipinski definition) is 4. The van der Waals surface area contributed by atoms with Crippen molar-refractivity contribution >= 4 is 11.2 Å². The predicted molar refractivity (Wildman–Crippen MR) is 84.9 cm³/mol. The number of imidazole rings is 1. The van der Waals surface area contributed by atoms with Crippen LogP contribution in [0.15, 0.2) is 15.9 Å². The summed E-state index contributed by atoms with van der Waals surface area (Å²) in [5.41, 5.74) is -0.254. The first-order valence-corrected chi connectivity index (χ1v) is 7.87. The van der Waals surface area contributed by atoms with Gasteiger partial charge in [-0.1, -0.05) is 26.7 Å². The Kier molecular flexibility index (Phi) is 5.18. The Hall–Kier alpha value is -1.89. The molecule has 0 aliphatic heterocycles. The molecule has 2 heterocycles. The van der Waals surface area contributed by atoms with Crippen LogP contribution in [-0.4, -0.2) is 23.8 Å². The first-order chi connectivity index (χ1) is 10.5. The van der Waals surface area contributed by atoms with Crippen LogP contribution in [0.25, 0.3) is 11.2 Å². The van der Waals surface area contributed by atoms with Gasteiger partial charge in [0.05, 0.1) is 6.33 Å². The molecule has 2 rings (SSSR count). The molecule has 1 atom stereocenters. The lowest BCUT2D eigenvalue weighted by Crippen LogP contribution is -2.42. The summed E-state index contributed by atoms with van der Waals surface area (Å²) in [4.78, 5) is 29.2. The van der Waals surface area contributed by atoms with Crippen molar-refractivity contribution in [2.24, 2.45) is 7.05 Å². The molecule has 1 unspecified atom stereocenters. The number of hydrogen-bond donors (Lipinski definition) is 1. The third-order valence-electron chi connectivity index (χ3n) is 3.88. The van der Waals surface area contributed by atoms with E-state index in [1.54, 1.807) is 17.9 Å². The van der Waals surface area contributed by atoms with E-state index in [1.807, 2.05) is 6.92 Å². The van der Waals surface area contributed by atoms with Crippen molar-refractivity contribution in [2.45, 2.75) is 58.7 Å². The van der Waals surface area contributed by atoms with E-state index in [0.29, 0.717) is 24.1 Å². The van der Waals surface area contributed by atoms with Gasteiger partial charge in [0.1, 0.15) is 6.23 Å². The SMILES string of the molecule is CCCCCC(O)n1c(=O)c2c(ncn2CCC)n(C)c1=O. The smallest absolute Gasteiger partial charge is 0.334 e. The van der Waals surface area contributed by atoms with Crippen molar-refractivity contribution in [3.05, 3.63) is 27.2 Å². The molecule has 7 heteroatoms. The highest BCUT2D eigenvalue weighted by Crippen LogP contribution is 2.12. The van der Waals surface area contributed by atoms with Crippen LogP contribution >= 0.6 is 0 Å². The summed E-state index contributed by atoms with van der Waals surface area (Å²) in [6.45, 7) is 4.72. The molecular weight excluding hydrogens is 284 g/mol.